The molecular weight excluding hydrogens is 576 g/mol. The molecule has 5 aliphatic rings. The molecule has 0 spiro atoms. The van der Waals surface area contributed by atoms with Crippen LogP contribution in [0.4, 0.5) is 0 Å². The van der Waals surface area contributed by atoms with Crippen molar-refractivity contribution in [2.24, 2.45) is 50.2 Å². The van der Waals surface area contributed by atoms with Crippen molar-refractivity contribution < 1.29 is 30.0 Å². The maximum Gasteiger partial charge on any atom is 0.330 e. The van der Waals surface area contributed by atoms with E-state index >= 15 is 0 Å². The third kappa shape index (κ3) is 4.59. The molecule has 0 aromatic heterocycles. The molecule has 46 heavy (non-hydrogen) atoms. The molecule has 0 aliphatic heterocycles. The number of benzene rings is 1. The van der Waals surface area contributed by atoms with Gasteiger partial charge in [0.15, 0.2) is 0 Å². The van der Waals surface area contributed by atoms with E-state index in [2.05, 4.69) is 54.5 Å². The SMILES string of the molecule is CC[C@@]12C(CC(C)(C)[C@@H](O)[C@@H]1O)C1=CCC3[C@@]4(C)CC[C@H](O)[C@](C)(COC(=O)/C=C/c5ccccc5)C4CC[C@@]3(C)[C@]1(C)C[C@H]2O. The largest absolute Gasteiger partial charge is 0.462 e. The Balaban J connectivity index is 1.31. The molecule has 12 atom stereocenters. The van der Waals surface area contributed by atoms with Gasteiger partial charge in [0.2, 0.25) is 0 Å². The monoisotopic (exact) mass is 634 g/mol. The lowest BCUT2D eigenvalue weighted by atomic mass is 9.32. The highest BCUT2D eigenvalue weighted by atomic mass is 16.5. The quantitative estimate of drug-likeness (QED) is 0.163. The summed E-state index contributed by atoms with van der Waals surface area (Å²) in [4.78, 5) is 12.9. The number of carbonyl (C=O) groups excluding carboxylic acids is 1. The molecule has 1 aromatic carbocycles. The first kappa shape index (κ1) is 33.9. The fourth-order valence-electron chi connectivity index (χ4n) is 12.3. The van der Waals surface area contributed by atoms with Crippen LogP contribution >= 0.6 is 0 Å². The van der Waals surface area contributed by atoms with Gasteiger partial charge in [-0.25, -0.2) is 4.79 Å². The third-order valence-electron chi connectivity index (χ3n) is 15.3. The Bertz CT molecular complexity index is 1380. The molecule has 6 heteroatoms. The van der Waals surface area contributed by atoms with E-state index in [1.165, 1.54) is 11.6 Å². The van der Waals surface area contributed by atoms with Crippen molar-refractivity contribution in [3.63, 3.8) is 0 Å². The van der Waals surface area contributed by atoms with Gasteiger partial charge in [-0.15, -0.1) is 0 Å². The van der Waals surface area contributed by atoms with Crippen LogP contribution in [0.2, 0.25) is 0 Å². The summed E-state index contributed by atoms with van der Waals surface area (Å²) in [6, 6.07) is 9.70. The average Bonchev–Trinajstić information content (AvgIpc) is 3.01. The summed E-state index contributed by atoms with van der Waals surface area (Å²) < 4.78 is 5.90. The molecular formula is C40H58O6. The van der Waals surface area contributed by atoms with E-state index in [1.807, 2.05) is 30.3 Å². The molecule has 1 aromatic rings. The van der Waals surface area contributed by atoms with Crippen molar-refractivity contribution in [3.05, 3.63) is 53.6 Å². The number of rotatable bonds is 5. The fraction of sp³-hybridized carbons (Fsp3) is 0.725. The predicted octanol–water partition coefficient (Wildman–Crippen LogP) is 6.71. The second-order valence-electron chi connectivity index (χ2n) is 17.5. The standard InChI is InChI=1S/C40H58O6/c1-8-40-27(22-35(2,3)33(44)34(40)45)26-15-16-29-36(4)20-19-30(41)37(5,24-46-32(43)17-14-25-12-10-9-11-13-25)28(36)18-21-38(29,6)39(26,7)23-31(40)42/h9-15,17,27-31,33-34,41-42,44-45H,8,16,18-24H2,1-7H3/b17-14+/t27?,28?,29?,30-,31+,33-,34-,36-,37+,38+,39+,40-/m0/s1. The second kappa shape index (κ2) is 11.3. The van der Waals surface area contributed by atoms with Crippen LogP contribution in [0, 0.1) is 50.2 Å². The van der Waals surface area contributed by atoms with E-state index in [9.17, 15) is 25.2 Å². The van der Waals surface area contributed by atoms with Crippen LogP contribution in [0.1, 0.15) is 105 Å². The summed E-state index contributed by atoms with van der Waals surface area (Å²) in [5, 5.41) is 46.5. The van der Waals surface area contributed by atoms with Crippen LogP contribution in [0.3, 0.4) is 0 Å². The zero-order valence-corrected chi connectivity index (χ0v) is 29.1. The number of hydrogen-bond acceptors (Lipinski definition) is 6. The minimum Gasteiger partial charge on any atom is -0.462 e. The lowest BCUT2D eigenvalue weighted by molar-refractivity contribution is -0.252. The van der Waals surface area contributed by atoms with Gasteiger partial charge in [0.05, 0.1) is 31.0 Å². The zero-order chi connectivity index (χ0) is 33.5. The van der Waals surface area contributed by atoms with Gasteiger partial charge >= 0.3 is 5.97 Å². The first-order chi connectivity index (χ1) is 21.5. The summed E-state index contributed by atoms with van der Waals surface area (Å²) in [5.41, 5.74) is 0.119. The molecule has 0 radical (unpaired) electrons. The van der Waals surface area contributed by atoms with Gasteiger partial charge in [-0.3, -0.25) is 0 Å². The normalized spacial score (nSPS) is 48.0. The molecule has 0 bridgehead atoms. The molecule has 4 N–H and O–H groups in total. The van der Waals surface area contributed by atoms with Gasteiger partial charge in [0.25, 0.3) is 0 Å². The van der Waals surface area contributed by atoms with Gasteiger partial charge in [-0.1, -0.05) is 90.4 Å². The highest BCUT2D eigenvalue weighted by Crippen LogP contribution is 2.76. The average molecular weight is 635 g/mol. The highest BCUT2D eigenvalue weighted by Gasteiger charge is 2.72. The number of ether oxygens (including phenoxy) is 1. The summed E-state index contributed by atoms with van der Waals surface area (Å²) in [6.45, 7) is 15.7. The van der Waals surface area contributed by atoms with E-state index in [0.717, 1.165) is 37.7 Å². The van der Waals surface area contributed by atoms with Crippen molar-refractivity contribution in [2.45, 2.75) is 124 Å². The van der Waals surface area contributed by atoms with Crippen LogP contribution in [-0.2, 0) is 9.53 Å². The number of allylic oxidation sites excluding steroid dienone is 2. The van der Waals surface area contributed by atoms with E-state index in [1.54, 1.807) is 6.08 Å². The van der Waals surface area contributed by atoms with Crippen LogP contribution in [0.5, 0.6) is 0 Å². The Kier molecular flexibility index (Phi) is 8.32. The first-order valence-corrected chi connectivity index (χ1v) is 17.8. The Labute approximate surface area is 276 Å². The van der Waals surface area contributed by atoms with Gasteiger partial charge < -0.3 is 25.2 Å². The van der Waals surface area contributed by atoms with Crippen molar-refractivity contribution in [1.82, 2.24) is 0 Å². The van der Waals surface area contributed by atoms with Crippen molar-refractivity contribution in [3.8, 4) is 0 Å². The Morgan fingerprint density at radius 2 is 1.59 bits per heavy atom. The number of aliphatic hydroxyl groups is 4. The highest BCUT2D eigenvalue weighted by molar-refractivity contribution is 5.87. The zero-order valence-electron chi connectivity index (χ0n) is 29.1. The molecule has 6 nitrogen and oxygen atoms in total. The first-order valence-electron chi connectivity index (χ1n) is 17.8. The molecule has 0 amide bonds. The molecule has 6 rings (SSSR count). The van der Waals surface area contributed by atoms with Crippen molar-refractivity contribution in [1.29, 1.82) is 0 Å². The van der Waals surface area contributed by atoms with Crippen LogP contribution in [-0.4, -0.2) is 57.4 Å². The lowest BCUT2D eigenvalue weighted by Gasteiger charge is -2.72. The Morgan fingerprint density at radius 1 is 0.891 bits per heavy atom. The molecule has 3 unspecified atom stereocenters. The van der Waals surface area contributed by atoms with Crippen LogP contribution in [0.15, 0.2) is 48.1 Å². The molecule has 5 aliphatic carbocycles. The van der Waals surface area contributed by atoms with E-state index in [0.29, 0.717) is 25.2 Å². The van der Waals surface area contributed by atoms with Gasteiger partial charge in [0.1, 0.15) is 0 Å². The number of fused-ring (bicyclic) bond motifs is 7. The number of esters is 1. The maximum atomic E-state index is 12.9. The second-order valence-corrected chi connectivity index (χ2v) is 17.5. The van der Waals surface area contributed by atoms with Gasteiger partial charge in [-0.05, 0) is 102 Å². The number of hydrogen-bond donors (Lipinski definition) is 4. The summed E-state index contributed by atoms with van der Waals surface area (Å²) >= 11 is 0. The molecule has 254 valence electrons. The summed E-state index contributed by atoms with van der Waals surface area (Å²) in [7, 11) is 0. The van der Waals surface area contributed by atoms with E-state index < -0.39 is 40.7 Å². The van der Waals surface area contributed by atoms with Gasteiger partial charge in [-0.2, -0.15) is 0 Å². The summed E-state index contributed by atoms with van der Waals surface area (Å²) in [6.07, 6.45) is 8.93. The number of aliphatic hydroxyl groups excluding tert-OH is 4. The topological polar surface area (TPSA) is 107 Å². The molecule has 4 fully saturated rings. The molecule has 0 saturated heterocycles. The smallest absolute Gasteiger partial charge is 0.330 e. The predicted molar refractivity (Wildman–Crippen MR) is 180 cm³/mol. The third-order valence-corrected chi connectivity index (χ3v) is 15.3. The van der Waals surface area contributed by atoms with Crippen molar-refractivity contribution in [2.75, 3.05) is 6.61 Å². The van der Waals surface area contributed by atoms with Crippen LogP contribution < -0.4 is 0 Å². The van der Waals surface area contributed by atoms with Crippen molar-refractivity contribution >= 4 is 12.0 Å². The van der Waals surface area contributed by atoms with Gasteiger partial charge in [0, 0.05) is 16.9 Å². The number of carbonyl (C=O) groups is 1. The van der Waals surface area contributed by atoms with E-state index in [4.69, 9.17) is 4.74 Å². The molecule has 0 heterocycles. The molecule has 4 saturated carbocycles. The minimum absolute atomic E-state index is 0.00440. The summed E-state index contributed by atoms with van der Waals surface area (Å²) in [5.74, 6) is 0.132. The minimum atomic E-state index is -0.976. The van der Waals surface area contributed by atoms with E-state index in [-0.39, 0.29) is 40.7 Å². The Hall–Kier alpha value is -1.99. The van der Waals surface area contributed by atoms with Crippen LogP contribution in [0.25, 0.3) is 6.08 Å². The maximum absolute atomic E-state index is 12.9. The fourth-order valence-corrected chi connectivity index (χ4v) is 12.3. The Morgan fingerprint density at radius 3 is 2.26 bits per heavy atom. The lowest BCUT2D eigenvalue weighted by Crippen LogP contribution is -2.70.